The van der Waals surface area contributed by atoms with Crippen LogP contribution in [0.2, 0.25) is 0 Å². The summed E-state index contributed by atoms with van der Waals surface area (Å²) in [5.41, 5.74) is 1.69. The van der Waals surface area contributed by atoms with Gasteiger partial charge in [0.05, 0.1) is 5.57 Å². The lowest BCUT2D eigenvalue weighted by molar-refractivity contribution is -0.462. The molecule has 0 aromatic carbocycles. The van der Waals surface area contributed by atoms with Crippen LogP contribution in [0.3, 0.4) is 0 Å². The molecule has 0 atom stereocenters. The van der Waals surface area contributed by atoms with Gasteiger partial charge in [0.1, 0.15) is 0 Å². The van der Waals surface area contributed by atoms with Crippen molar-refractivity contribution in [1.82, 2.24) is 0 Å². The topological polar surface area (TPSA) is 37.1 Å². The molecule has 2 aliphatic rings. The van der Waals surface area contributed by atoms with Gasteiger partial charge in [-0.15, -0.1) is 0 Å². The Balaban J connectivity index is 2.47. The second kappa shape index (κ2) is 1.99. The Morgan fingerprint density at radius 2 is 2.18 bits per heavy atom. The number of ketones is 1. The highest BCUT2D eigenvalue weighted by molar-refractivity contribution is 6.02. The summed E-state index contributed by atoms with van der Waals surface area (Å²) >= 11 is 0. The van der Waals surface area contributed by atoms with Crippen LogP contribution in [0, 0.1) is 4.91 Å². The van der Waals surface area contributed by atoms with Gasteiger partial charge in [0.25, 0.3) is 0 Å². The minimum Gasteiger partial charge on any atom is -0.290 e. The SMILES string of the molecule is O=C1C=CC2=C[N+](=O)CC2=C1. The normalized spacial score (nSPS) is 21.5. The van der Waals surface area contributed by atoms with E-state index in [1.165, 1.54) is 18.4 Å². The first-order valence-corrected chi connectivity index (χ1v) is 3.34. The number of fused-ring (bicyclic) bond motifs is 1. The molecule has 3 nitrogen and oxygen atoms in total. The summed E-state index contributed by atoms with van der Waals surface area (Å²) in [5, 5.41) is 0. The Morgan fingerprint density at radius 1 is 1.36 bits per heavy atom. The van der Waals surface area contributed by atoms with E-state index in [4.69, 9.17) is 0 Å². The monoisotopic (exact) mass is 148 g/mol. The molecule has 0 unspecified atom stereocenters. The number of carbonyl (C=O) groups excluding carboxylic acids is 1. The Labute approximate surface area is 63.3 Å². The molecule has 0 spiro atoms. The van der Waals surface area contributed by atoms with Crippen LogP contribution in [0.15, 0.2) is 35.6 Å². The van der Waals surface area contributed by atoms with Gasteiger partial charge < -0.3 is 0 Å². The molecular formula is C8H6NO2+. The lowest BCUT2D eigenvalue weighted by Crippen LogP contribution is -2.01. The maximum Gasteiger partial charge on any atom is 0.229 e. The highest BCUT2D eigenvalue weighted by Gasteiger charge is 2.25. The molecule has 54 valence electrons. The van der Waals surface area contributed by atoms with Crippen molar-refractivity contribution in [3.8, 4) is 0 Å². The number of carbonyl (C=O) groups is 1. The molecule has 0 amide bonds. The predicted octanol–water partition coefficient (Wildman–Crippen LogP) is 0.728. The van der Waals surface area contributed by atoms with Gasteiger partial charge in [-0.2, -0.15) is 0 Å². The summed E-state index contributed by atoms with van der Waals surface area (Å²) in [6, 6.07) is 0. The van der Waals surface area contributed by atoms with E-state index in [1.54, 1.807) is 6.08 Å². The zero-order chi connectivity index (χ0) is 7.84. The Hall–Kier alpha value is -1.51. The van der Waals surface area contributed by atoms with Crippen molar-refractivity contribution in [3.63, 3.8) is 0 Å². The fourth-order valence-corrected chi connectivity index (χ4v) is 1.21. The lowest BCUT2D eigenvalue weighted by atomic mass is 10.0. The highest BCUT2D eigenvalue weighted by Crippen LogP contribution is 2.21. The average molecular weight is 148 g/mol. The third-order valence-corrected chi connectivity index (χ3v) is 1.72. The van der Waals surface area contributed by atoms with Crippen molar-refractivity contribution in [2.45, 2.75) is 0 Å². The summed E-state index contributed by atoms with van der Waals surface area (Å²) < 4.78 is 0.824. The van der Waals surface area contributed by atoms with E-state index in [2.05, 4.69) is 0 Å². The summed E-state index contributed by atoms with van der Waals surface area (Å²) in [6.45, 7) is 0.311. The molecule has 0 bridgehead atoms. The van der Waals surface area contributed by atoms with Gasteiger partial charge in [-0.3, -0.25) is 4.79 Å². The van der Waals surface area contributed by atoms with Crippen molar-refractivity contribution < 1.29 is 9.55 Å². The Kier molecular flexibility index (Phi) is 1.12. The smallest absolute Gasteiger partial charge is 0.229 e. The quantitative estimate of drug-likeness (QED) is 0.475. The van der Waals surface area contributed by atoms with E-state index in [0.29, 0.717) is 6.54 Å². The zero-order valence-electron chi connectivity index (χ0n) is 5.78. The number of nitroso groups, excluding NO2 is 1. The van der Waals surface area contributed by atoms with Crippen molar-refractivity contribution in [3.05, 3.63) is 40.5 Å². The molecule has 0 N–H and O–H groups in total. The van der Waals surface area contributed by atoms with Crippen LogP contribution in [-0.4, -0.2) is 17.1 Å². The molecule has 0 saturated heterocycles. The van der Waals surface area contributed by atoms with Crippen molar-refractivity contribution in [2.75, 3.05) is 6.54 Å². The molecular weight excluding hydrogens is 142 g/mol. The molecule has 1 heterocycles. The van der Waals surface area contributed by atoms with E-state index in [1.807, 2.05) is 0 Å². The van der Waals surface area contributed by atoms with Crippen molar-refractivity contribution >= 4 is 5.78 Å². The van der Waals surface area contributed by atoms with Gasteiger partial charge in [0.2, 0.25) is 12.7 Å². The summed E-state index contributed by atoms with van der Waals surface area (Å²) in [4.78, 5) is 21.6. The first-order chi connectivity index (χ1) is 5.25. The lowest BCUT2D eigenvalue weighted by Gasteiger charge is -1.96. The van der Waals surface area contributed by atoms with Crippen LogP contribution in [0.5, 0.6) is 0 Å². The fraction of sp³-hybridized carbons (Fsp3) is 0.125. The number of hydrogen-bond donors (Lipinski definition) is 0. The maximum absolute atomic E-state index is 10.8. The van der Waals surface area contributed by atoms with Gasteiger partial charge in [-0.1, -0.05) is 0 Å². The van der Waals surface area contributed by atoms with Gasteiger partial charge in [-0.25, -0.2) is 0 Å². The summed E-state index contributed by atoms with van der Waals surface area (Å²) in [6.07, 6.45) is 6.14. The van der Waals surface area contributed by atoms with Crippen molar-refractivity contribution in [1.29, 1.82) is 0 Å². The van der Waals surface area contributed by atoms with Crippen molar-refractivity contribution in [2.24, 2.45) is 0 Å². The molecule has 11 heavy (non-hydrogen) atoms. The number of rotatable bonds is 0. The second-order valence-corrected chi connectivity index (χ2v) is 2.56. The minimum atomic E-state index is -0.0348. The van der Waals surface area contributed by atoms with E-state index in [0.717, 1.165) is 15.9 Å². The molecule has 0 saturated carbocycles. The Bertz CT molecular complexity index is 334. The summed E-state index contributed by atoms with van der Waals surface area (Å²) in [5.74, 6) is -0.0348. The van der Waals surface area contributed by atoms with Gasteiger partial charge in [0, 0.05) is 15.2 Å². The van der Waals surface area contributed by atoms with E-state index in [-0.39, 0.29) is 5.78 Å². The molecule has 2 rings (SSSR count). The maximum atomic E-state index is 10.8. The standard InChI is InChI=1S/C8H6NO2/c10-8-2-1-6-4-9(11)5-7(6)3-8/h1-4H,5H2/q+1. The number of nitrogens with zero attached hydrogens (tertiary/aromatic N) is 1. The third-order valence-electron chi connectivity index (χ3n) is 1.72. The third kappa shape index (κ3) is 0.941. The van der Waals surface area contributed by atoms with Crippen LogP contribution in [0.4, 0.5) is 0 Å². The fourth-order valence-electron chi connectivity index (χ4n) is 1.21. The molecule has 3 heteroatoms. The van der Waals surface area contributed by atoms with E-state index < -0.39 is 0 Å². The molecule has 1 aliphatic carbocycles. The van der Waals surface area contributed by atoms with E-state index >= 15 is 0 Å². The van der Waals surface area contributed by atoms with Crippen LogP contribution in [0.25, 0.3) is 0 Å². The predicted molar refractivity (Wildman–Crippen MR) is 38.8 cm³/mol. The Morgan fingerprint density at radius 3 is 3.00 bits per heavy atom. The highest BCUT2D eigenvalue weighted by atomic mass is 16.3. The molecule has 0 aromatic heterocycles. The van der Waals surface area contributed by atoms with Gasteiger partial charge in [-0.05, 0) is 18.2 Å². The van der Waals surface area contributed by atoms with Gasteiger partial charge >= 0.3 is 0 Å². The molecule has 1 aliphatic heterocycles. The minimum absolute atomic E-state index is 0.0348. The summed E-state index contributed by atoms with van der Waals surface area (Å²) in [7, 11) is 0. The van der Waals surface area contributed by atoms with E-state index in [9.17, 15) is 9.70 Å². The second-order valence-electron chi connectivity index (χ2n) is 2.56. The zero-order valence-corrected chi connectivity index (χ0v) is 5.78. The number of allylic oxidation sites excluding steroid dienone is 3. The van der Waals surface area contributed by atoms with Crippen LogP contribution < -0.4 is 0 Å². The number of hydrogen-bond acceptors (Lipinski definition) is 2. The van der Waals surface area contributed by atoms with Gasteiger partial charge in [0.15, 0.2) is 5.78 Å². The molecule has 0 fully saturated rings. The largest absolute Gasteiger partial charge is 0.290 e. The average Bonchev–Trinajstić information content (AvgIpc) is 2.27. The van der Waals surface area contributed by atoms with Crippen LogP contribution in [-0.2, 0) is 4.79 Å². The van der Waals surface area contributed by atoms with Crippen LogP contribution >= 0.6 is 0 Å². The van der Waals surface area contributed by atoms with Crippen LogP contribution in [0.1, 0.15) is 0 Å². The first kappa shape index (κ1) is 6.22. The molecule has 0 radical (unpaired) electrons. The molecule has 0 aromatic rings. The first-order valence-electron chi connectivity index (χ1n) is 3.34.